The van der Waals surface area contributed by atoms with Gasteiger partial charge in [-0.2, -0.15) is 0 Å². The molecule has 0 aromatic carbocycles. The minimum absolute atomic E-state index is 0.0885. The molecule has 18 heavy (non-hydrogen) atoms. The van der Waals surface area contributed by atoms with Crippen LogP contribution in [-0.4, -0.2) is 43.4 Å². The normalized spacial score (nSPS) is 27.3. The number of ether oxygens (including phenoxy) is 2. The second kappa shape index (κ2) is 4.93. The summed E-state index contributed by atoms with van der Waals surface area (Å²) in [6, 6.07) is 4.44. The fourth-order valence-electron chi connectivity index (χ4n) is 3.08. The van der Waals surface area contributed by atoms with E-state index in [0.717, 1.165) is 39.1 Å². The second-order valence-electron chi connectivity index (χ2n) is 5.54. The Morgan fingerprint density at radius 2 is 2.33 bits per heavy atom. The van der Waals surface area contributed by atoms with Gasteiger partial charge in [0, 0.05) is 49.5 Å². The third-order valence-electron chi connectivity index (χ3n) is 3.98. The van der Waals surface area contributed by atoms with Crippen molar-refractivity contribution in [2.24, 2.45) is 0 Å². The molecular formula is C14H21NO2S. The van der Waals surface area contributed by atoms with Crippen molar-refractivity contribution < 1.29 is 9.47 Å². The van der Waals surface area contributed by atoms with Gasteiger partial charge in [0.2, 0.25) is 0 Å². The maximum Gasteiger partial charge on any atom is 0.0959 e. The Kier molecular flexibility index (Phi) is 3.45. The number of rotatable bonds is 3. The molecule has 0 radical (unpaired) electrons. The maximum absolute atomic E-state index is 5.99. The van der Waals surface area contributed by atoms with Crippen molar-refractivity contribution in [2.45, 2.75) is 38.0 Å². The van der Waals surface area contributed by atoms with E-state index in [2.05, 4.69) is 24.0 Å². The van der Waals surface area contributed by atoms with E-state index < -0.39 is 0 Å². The van der Waals surface area contributed by atoms with Crippen molar-refractivity contribution in [1.29, 1.82) is 0 Å². The molecule has 2 aliphatic heterocycles. The highest BCUT2D eigenvalue weighted by Crippen LogP contribution is 2.36. The van der Waals surface area contributed by atoms with Crippen LogP contribution < -0.4 is 0 Å². The number of hydrogen-bond acceptors (Lipinski definition) is 4. The number of aryl methyl sites for hydroxylation is 1. The Labute approximate surface area is 113 Å². The molecule has 3 rings (SSSR count). The van der Waals surface area contributed by atoms with Crippen LogP contribution >= 0.6 is 11.3 Å². The first-order chi connectivity index (χ1) is 8.69. The van der Waals surface area contributed by atoms with Gasteiger partial charge in [-0.05, 0) is 25.5 Å². The van der Waals surface area contributed by atoms with Gasteiger partial charge in [0.05, 0.1) is 11.7 Å². The van der Waals surface area contributed by atoms with E-state index in [0.29, 0.717) is 6.10 Å². The predicted octanol–water partition coefficient (Wildman–Crippen LogP) is 2.44. The molecule has 3 heterocycles. The molecule has 0 bridgehead atoms. The van der Waals surface area contributed by atoms with Crippen LogP contribution in [0.3, 0.4) is 0 Å². The van der Waals surface area contributed by atoms with E-state index in [1.54, 1.807) is 0 Å². The predicted molar refractivity (Wildman–Crippen MR) is 73.0 cm³/mol. The molecular weight excluding hydrogens is 246 g/mol. The summed E-state index contributed by atoms with van der Waals surface area (Å²) in [4.78, 5) is 5.33. The zero-order chi connectivity index (χ0) is 12.6. The summed E-state index contributed by atoms with van der Waals surface area (Å²) < 4.78 is 11.5. The molecule has 2 fully saturated rings. The number of hydrogen-bond donors (Lipinski definition) is 0. The minimum atomic E-state index is 0.0885. The highest BCUT2D eigenvalue weighted by atomic mass is 32.1. The molecule has 0 unspecified atom stereocenters. The van der Waals surface area contributed by atoms with E-state index in [-0.39, 0.29) is 5.60 Å². The largest absolute Gasteiger partial charge is 0.381 e. The fourth-order valence-corrected chi connectivity index (χ4v) is 4.01. The standard InChI is InChI=1S/C14H21NO2S/c1-11-3-4-13(18-11)8-15-9-14(10-15)7-12(16-2)5-6-17-14/h3-4,12H,5-10H2,1-2H3/t12-/m0/s1. The Hall–Kier alpha value is -0.420. The van der Waals surface area contributed by atoms with E-state index in [4.69, 9.17) is 9.47 Å². The van der Waals surface area contributed by atoms with Crippen molar-refractivity contribution in [1.82, 2.24) is 4.90 Å². The quantitative estimate of drug-likeness (QED) is 0.839. The summed E-state index contributed by atoms with van der Waals surface area (Å²) in [6.45, 7) is 6.21. The van der Waals surface area contributed by atoms with Gasteiger partial charge >= 0.3 is 0 Å². The molecule has 0 saturated carbocycles. The van der Waals surface area contributed by atoms with Crippen molar-refractivity contribution in [3.63, 3.8) is 0 Å². The van der Waals surface area contributed by atoms with Crippen LogP contribution in [0.2, 0.25) is 0 Å². The Morgan fingerprint density at radius 3 is 3.00 bits per heavy atom. The van der Waals surface area contributed by atoms with Crippen LogP contribution in [-0.2, 0) is 16.0 Å². The molecule has 1 spiro atoms. The van der Waals surface area contributed by atoms with Gasteiger partial charge in [-0.1, -0.05) is 0 Å². The van der Waals surface area contributed by atoms with Gasteiger partial charge in [0.15, 0.2) is 0 Å². The number of thiophene rings is 1. The number of nitrogens with zero attached hydrogens (tertiary/aromatic N) is 1. The van der Waals surface area contributed by atoms with Crippen LogP contribution in [0.1, 0.15) is 22.6 Å². The summed E-state index contributed by atoms with van der Waals surface area (Å²) in [5.74, 6) is 0. The maximum atomic E-state index is 5.99. The van der Waals surface area contributed by atoms with Gasteiger partial charge in [-0.25, -0.2) is 0 Å². The van der Waals surface area contributed by atoms with Crippen molar-refractivity contribution >= 4 is 11.3 Å². The average Bonchev–Trinajstić information content (AvgIpc) is 2.73. The Morgan fingerprint density at radius 1 is 1.50 bits per heavy atom. The number of methoxy groups -OCH3 is 1. The lowest BCUT2D eigenvalue weighted by Gasteiger charge is -2.53. The van der Waals surface area contributed by atoms with E-state index in [9.17, 15) is 0 Å². The lowest BCUT2D eigenvalue weighted by molar-refractivity contribution is -0.195. The lowest BCUT2D eigenvalue weighted by Crippen LogP contribution is -2.65. The summed E-state index contributed by atoms with van der Waals surface area (Å²) in [7, 11) is 1.81. The van der Waals surface area contributed by atoms with Crippen LogP contribution in [0.25, 0.3) is 0 Å². The van der Waals surface area contributed by atoms with Crippen LogP contribution in [0.4, 0.5) is 0 Å². The Bertz CT molecular complexity index is 412. The topological polar surface area (TPSA) is 21.7 Å². The van der Waals surface area contributed by atoms with Crippen molar-refractivity contribution in [3.8, 4) is 0 Å². The SMILES string of the molecule is CO[C@H]1CCOC2(C1)CN(Cc1ccc(C)s1)C2. The summed E-state index contributed by atoms with van der Waals surface area (Å²) in [6.07, 6.45) is 2.50. The van der Waals surface area contributed by atoms with E-state index in [1.165, 1.54) is 9.75 Å². The molecule has 2 aliphatic rings. The fraction of sp³-hybridized carbons (Fsp3) is 0.714. The number of likely N-dealkylation sites (tertiary alicyclic amines) is 1. The molecule has 0 aliphatic carbocycles. The Balaban J connectivity index is 1.53. The zero-order valence-corrected chi connectivity index (χ0v) is 12.0. The van der Waals surface area contributed by atoms with Gasteiger partial charge < -0.3 is 9.47 Å². The molecule has 1 aromatic heterocycles. The first kappa shape index (κ1) is 12.6. The summed E-state index contributed by atoms with van der Waals surface area (Å²) >= 11 is 1.90. The molecule has 4 heteroatoms. The van der Waals surface area contributed by atoms with E-state index in [1.807, 2.05) is 18.4 Å². The third kappa shape index (κ3) is 2.48. The zero-order valence-electron chi connectivity index (χ0n) is 11.1. The van der Waals surface area contributed by atoms with Gasteiger partial charge in [-0.15, -0.1) is 11.3 Å². The molecule has 3 nitrogen and oxygen atoms in total. The van der Waals surface area contributed by atoms with Gasteiger partial charge in [0.25, 0.3) is 0 Å². The third-order valence-corrected chi connectivity index (χ3v) is 4.97. The highest BCUT2D eigenvalue weighted by Gasteiger charge is 2.47. The van der Waals surface area contributed by atoms with Gasteiger partial charge in [-0.3, -0.25) is 4.90 Å². The van der Waals surface area contributed by atoms with Crippen LogP contribution in [0.5, 0.6) is 0 Å². The minimum Gasteiger partial charge on any atom is -0.381 e. The molecule has 100 valence electrons. The van der Waals surface area contributed by atoms with Crippen LogP contribution in [0, 0.1) is 6.92 Å². The molecule has 1 atom stereocenters. The molecule has 1 aromatic rings. The first-order valence-electron chi connectivity index (χ1n) is 6.64. The smallest absolute Gasteiger partial charge is 0.0959 e. The second-order valence-corrected chi connectivity index (χ2v) is 6.91. The highest BCUT2D eigenvalue weighted by molar-refractivity contribution is 7.11. The molecule has 0 N–H and O–H groups in total. The van der Waals surface area contributed by atoms with Crippen molar-refractivity contribution in [3.05, 3.63) is 21.9 Å². The monoisotopic (exact) mass is 267 g/mol. The molecule has 0 amide bonds. The van der Waals surface area contributed by atoms with Crippen LogP contribution in [0.15, 0.2) is 12.1 Å². The average molecular weight is 267 g/mol. The van der Waals surface area contributed by atoms with Crippen molar-refractivity contribution in [2.75, 3.05) is 26.8 Å². The molecule has 2 saturated heterocycles. The first-order valence-corrected chi connectivity index (χ1v) is 7.45. The summed E-state index contributed by atoms with van der Waals surface area (Å²) in [5.41, 5.74) is 0.0885. The van der Waals surface area contributed by atoms with E-state index >= 15 is 0 Å². The lowest BCUT2D eigenvalue weighted by atomic mass is 9.84. The summed E-state index contributed by atoms with van der Waals surface area (Å²) in [5, 5.41) is 0. The van der Waals surface area contributed by atoms with Gasteiger partial charge in [0.1, 0.15) is 0 Å².